The Morgan fingerprint density at radius 1 is 0.566 bits per heavy atom. The number of fused-ring (bicyclic) bond motifs is 2. The van der Waals surface area contributed by atoms with Gasteiger partial charge >= 0.3 is 0 Å². The number of hydrogen-bond acceptors (Lipinski definition) is 11. The van der Waals surface area contributed by atoms with Crippen LogP contribution in [0.3, 0.4) is 0 Å². The summed E-state index contributed by atoms with van der Waals surface area (Å²) in [6.07, 6.45) is 6.22. The Morgan fingerprint density at radius 2 is 0.987 bits per heavy atom. The molecule has 0 unspecified atom stereocenters. The number of pyridine rings is 1. The van der Waals surface area contributed by atoms with Crippen LogP contribution in [-0.4, -0.2) is 161 Å². The van der Waals surface area contributed by atoms with Gasteiger partial charge in [0.05, 0.1) is 42.8 Å². The topological polar surface area (TPSA) is 235 Å². The van der Waals surface area contributed by atoms with Gasteiger partial charge in [0.15, 0.2) is 0 Å². The third-order valence-electron chi connectivity index (χ3n) is 15.6. The van der Waals surface area contributed by atoms with Gasteiger partial charge in [-0.3, -0.25) is 43.3 Å². The second kappa shape index (κ2) is 24.1. The van der Waals surface area contributed by atoms with E-state index in [1.54, 1.807) is 27.9 Å². The van der Waals surface area contributed by atoms with Crippen LogP contribution in [0.15, 0.2) is 66.9 Å². The van der Waals surface area contributed by atoms with Gasteiger partial charge < -0.3 is 51.5 Å². The van der Waals surface area contributed by atoms with Crippen LogP contribution in [0, 0.1) is 10.8 Å². The Balaban J connectivity index is 1.11. The first-order chi connectivity index (χ1) is 36.0. The predicted octanol–water partition coefficient (Wildman–Crippen LogP) is 3.05. The summed E-state index contributed by atoms with van der Waals surface area (Å²) in [7, 11) is 3.31. The summed E-state index contributed by atoms with van der Waals surface area (Å²) in [6, 6.07) is 12.9. The smallest absolute Gasteiger partial charge is 0.272 e. The zero-order valence-electron chi connectivity index (χ0n) is 46.0. The summed E-state index contributed by atoms with van der Waals surface area (Å²) in [5.74, 6) is -3.42. The third-order valence-corrected chi connectivity index (χ3v) is 15.6. The van der Waals surface area contributed by atoms with Gasteiger partial charge in [0.2, 0.25) is 35.4 Å². The molecule has 0 radical (unpaired) electrons. The van der Waals surface area contributed by atoms with E-state index in [1.807, 2.05) is 77.9 Å². The Morgan fingerprint density at radius 3 is 1.38 bits per heavy atom. The van der Waals surface area contributed by atoms with Crippen LogP contribution < -0.4 is 31.9 Å². The fourth-order valence-electron chi connectivity index (χ4n) is 10.7. The minimum absolute atomic E-state index is 0.00105. The molecule has 410 valence electrons. The van der Waals surface area contributed by atoms with E-state index in [0.717, 1.165) is 47.9 Å². The van der Waals surface area contributed by atoms with Crippen molar-refractivity contribution in [2.75, 3.05) is 53.4 Å². The molecule has 19 nitrogen and oxygen atoms in total. The van der Waals surface area contributed by atoms with Crippen LogP contribution in [0.4, 0.5) is 0 Å². The molecule has 8 atom stereocenters. The lowest BCUT2D eigenvalue weighted by atomic mass is 9.85. The van der Waals surface area contributed by atoms with Crippen LogP contribution in [-0.2, 0) is 41.6 Å². The minimum atomic E-state index is -1.11. The Labute approximate surface area is 447 Å². The summed E-state index contributed by atoms with van der Waals surface area (Å²) in [5.41, 5.74) is 3.01. The predicted molar refractivity (Wildman–Crippen MR) is 287 cm³/mol. The lowest BCUT2D eigenvalue weighted by Gasteiger charge is -2.44. The fraction of sp³-hybridized carbons (Fsp3) is 0.561. The van der Waals surface area contributed by atoms with Crippen molar-refractivity contribution in [1.82, 2.24) is 56.5 Å². The zero-order valence-corrected chi connectivity index (χ0v) is 46.0. The van der Waals surface area contributed by atoms with Gasteiger partial charge in [0, 0.05) is 32.4 Å². The lowest BCUT2D eigenvalue weighted by molar-refractivity contribution is -0.148. The highest BCUT2D eigenvalue weighted by Gasteiger charge is 2.46. The number of benzene rings is 2. The first-order valence-electron chi connectivity index (χ1n) is 26.9. The molecule has 76 heavy (non-hydrogen) atoms. The summed E-state index contributed by atoms with van der Waals surface area (Å²) in [6.45, 7) is 14.3. The number of aryl methyl sites for hydroxylation is 2. The Hall–Kier alpha value is -6.73. The Bertz CT molecular complexity index is 2470. The van der Waals surface area contributed by atoms with Gasteiger partial charge in [-0.2, -0.15) is 0 Å². The quantitative estimate of drug-likeness (QED) is 0.137. The highest BCUT2D eigenvalue weighted by Crippen LogP contribution is 2.33. The number of carbonyl (C=O) groups is 8. The molecule has 3 heterocycles. The fourth-order valence-corrected chi connectivity index (χ4v) is 10.7. The second-order valence-electron chi connectivity index (χ2n) is 23.0. The molecule has 4 aliphatic rings. The van der Waals surface area contributed by atoms with E-state index in [0.29, 0.717) is 12.8 Å². The van der Waals surface area contributed by atoms with Crippen molar-refractivity contribution in [2.45, 2.75) is 142 Å². The van der Waals surface area contributed by atoms with Gasteiger partial charge in [-0.1, -0.05) is 90.1 Å². The van der Waals surface area contributed by atoms with Crippen molar-refractivity contribution in [3.8, 4) is 0 Å². The van der Waals surface area contributed by atoms with E-state index in [-0.39, 0.29) is 74.4 Å². The van der Waals surface area contributed by atoms with Gasteiger partial charge in [-0.25, -0.2) is 0 Å². The van der Waals surface area contributed by atoms with Crippen LogP contribution in [0.2, 0.25) is 0 Å². The number of rotatable bonds is 14. The molecule has 3 aromatic rings. The molecule has 7 rings (SSSR count). The average Bonchev–Trinajstić information content (AvgIpc) is 3.42. The van der Waals surface area contributed by atoms with Gasteiger partial charge in [0.1, 0.15) is 29.9 Å². The molecule has 19 heteroatoms. The van der Waals surface area contributed by atoms with Gasteiger partial charge in [-0.15, -0.1) is 0 Å². The third kappa shape index (κ3) is 12.9. The van der Waals surface area contributed by atoms with Crippen molar-refractivity contribution in [3.63, 3.8) is 0 Å². The molecule has 2 aliphatic carbocycles. The number of nitrogens with zero attached hydrogens (tertiary/aromatic N) is 5. The van der Waals surface area contributed by atoms with Crippen molar-refractivity contribution in [2.24, 2.45) is 10.8 Å². The van der Waals surface area contributed by atoms with E-state index in [1.165, 1.54) is 37.9 Å². The number of piperazine rings is 2. The van der Waals surface area contributed by atoms with E-state index < -0.39 is 82.5 Å². The number of aromatic nitrogens is 1. The van der Waals surface area contributed by atoms with Crippen molar-refractivity contribution in [1.29, 1.82) is 0 Å². The number of likely N-dealkylation sites (N-methyl/N-ethyl adjacent to an activating group) is 2. The van der Waals surface area contributed by atoms with Crippen molar-refractivity contribution < 1.29 is 38.4 Å². The summed E-state index contributed by atoms with van der Waals surface area (Å²) >= 11 is 0. The normalized spacial score (nSPS) is 21.4. The van der Waals surface area contributed by atoms with Gasteiger partial charge in [-0.05, 0) is 112 Å². The van der Waals surface area contributed by atoms with E-state index in [9.17, 15) is 38.4 Å². The number of nitrogens with one attached hydrogen (secondary N) is 6. The monoisotopic (exact) mass is 1050 g/mol. The molecule has 2 saturated heterocycles. The molecular weight excluding hydrogens is 967 g/mol. The lowest BCUT2D eigenvalue weighted by Crippen LogP contribution is -2.66. The second-order valence-corrected chi connectivity index (χ2v) is 23.0. The van der Waals surface area contributed by atoms with Crippen LogP contribution in [0.25, 0.3) is 0 Å². The number of amides is 8. The van der Waals surface area contributed by atoms with E-state index >= 15 is 0 Å². The summed E-state index contributed by atoms with van der Waals surface area (Å²) < 4.78 is 0. The Kier molecular flexibility index (Phi) is 18.1. The molecule has 1 aromatic heterocycles. The molecule has 2 aromatic carbocycles. The molecular formula is C57H79N11O8. The molecule has 6 N–H and O–H groups in total. The van der Waals surface area contributed by atoms with Crippen molar-refractivity contribution in [3.05, 3.63) is 100 Å². The summed E-state index contributed by atoms with van der Waals surface area (Å²) in [4.78, 5) is 124. The molecule has 2 fully saturated rings. The first kappa shape index (κ1) is 57.0. The van der Waals surface area contributed by atoms with Gasteiger partial charge in [0.25, 0.3) is 11.8 Å². The number of hydrogen-bond donors (Lipinski definition) is 6. The van der Waals surface area contributed by atoms with E-state index in [2.05, 4.69) is 49.0 Å². The highest BCUT2D eigenvalue weighted by molar-refractivity contribution is 5.99. The maximum absolute atomic E-state index is 14.7. The molecule has 0 spiro atoms. The molecule has 2 aliphatic heterocycles. The largest absolute Gasteiger partial charge is 0.347 e. The SMILES string of the molecule is CN[C@@H](C)C(=O)N[C@H](C(=O)N1CCN(C(=O)c2ccc(C(=O)N3CCN(C(=O)[C@@H](NC(=O)[C@H](C)NC)C(C)(C)C)[C@H](C(=O)N[C@@H]4CCCc5ccccc54)C3)nc2)C[C@H]1C(=O)N[C@@H]1CCCc2ccccc21)C(C)(C)C. The van der Waals surface area contributed by atoms with Crippen LogP contribution in [0.1, 0.15) is 136 Å². The zero-order chi connectivity index (χ0) is 55.2. The van der Waals surface area contributed by atoms with E-state index in [4.69, 9.17) is 0 Å². The van der Waals surface area contributed by atoms with Crippen LogP contribution >= 0.6 is 0 Å². The molecule has 0 saturated carbocycles. The van der Waals surface area contributed by atoms with Crippen molar-refractivity contribution >= 4 is 47.3 Å². The number of carbonyl (C=O) groups excluding carboxylic acids is 8. The maximum atomic E-state index is 14.7. The molecule has 0 bridgehead atoms. The molecule has 8 amide bonds. The standard InChI is InChI=1S/C57H79N11O8/c1-34(58-9)48(69)63-46(56(3,4)5)54(75)67-29-27-65(32-44(67)50(71)61-41-23-15-19-36-17-11-13-21-39(36)41)52(73)38-25-26-43(60-31-38)53(74)66-28-30-68(55(76)47(57(6,7)8)64-49(70)35(2)59-10)45(33-66)51(72)62-42-24-16-20-37-18-12-14-22-40(37)42/h11-14,17-18,21-22,25-26,31,34-35,41-42,44-47,58-59H,15-16,19-20,23-24,27-30,32-33H2,1-10H3,(H,61,71)(H,62,72)(H,63,69)(H,64,70)/t34-,35-,41+,42+,44-,45-,46+,47+/m0/s1. The maximum Gasteiger partial charge on any atom is 0.272 e. The van der Waals surface area contributed by atoms with Crippen LogP contribution in [0.5, 0.6) is 0 Å². The first-order valence-corrected chi connectivity index (χ1v) is 26.9. The minimum Gasteiger partial charge on any atom is -0.347 e. The summed E-state index contributed by atoms with van der Waals surface area (Å²) in [5, 5.41) is 18.1. The highest BCUT2D eigenvalue weighted by atomic mass is 16.2. The average molecular weight is 1050 g/mol.